The second-order valence-corrected chi connectivity index (χ2v) is 4.48. The van der Waals surface area contributed by atoms with Gasteiger partial charge in [0.2, 0.25) is 5.91 Å². The Morgan fingerprint density at radius 2 is 2.28 bits per heavy atom. The Balaban J connectivity index is 1.71. The molecule has 3 N–H and O–H groups in total. The van der Waals surface area contributed by atoms with E-state index < -0.39 is 0 Å². The Morgan fingerprint density at radius 1 is 1.44 bits per heavy atom. The van der Waals surface area contributed by atoms with Crippen LogP contribution in [-0.2, 0) is 11.2 Å². The van der Waals surface area contributed by atoms with Crippen LogP contribution in [0.5, 0.6) is 0 Å². The zero-order valence-corrected chi connectivity index (χ0v) is 10.0. The molecule has 0 bridgehead atoms. The zero-order valence-electron chi connectivity index (χ0n) is 10.0. The maximum absolute atomic E-state index is 12.1. The first-order chi connectivity index (χ1) is 8.74. The van der Waals surface area contributed by atoms with Gasteiger partial charge in [-0.15, -0.1) is 0 Å². The predicted molar refractivity (Wildman–Crippen MR) is 69.5 cm³/mol. The molecule has 1 amide bonds. The van der Waals surface area contributed by atoms with Crippen LogP contribution in [-0.4, -0.2) is 22.1 Å². The van der Waals surface area contributed by atoms with Crippen molar-refractivity contribution in [3.8, 4) is 0 Å². The van der Waals surface area contributed by atoms with Gasteiger partial charge in [-0.2, -0.15) is 5.10 Å². The molecule has 1 aromatic carbocycles. The number of rotatable bonds is 2. The largest absolute Gasteiger partial charge is 0.373 e. The van der Waals surface area contributed by atoms with E-state index in [4.69, 9.17) is 0 Å². The second-order valence-electron chi connectivity index (χ2n) is 4.48. The van der Waals surface area contributed by atoms with Gasteiger partial charge in [0.15, 0.2) is 0 Å². The number of hydrogen-bond donors (Lipinski definition) is 3. The van der Waals surface area contributed by atoms with Crippen molar-refractivity contribution in [1.82, 2.24) is 10.2 Å². The Labute approximate surface area is 105 Å². The fourth-order valence-electron chi connectivity index (χ4n) is 2.14. The van der Waals surface area contributed by atoms with Gasteiger partial charge >= 0.3 is 0 Å². The highest BCUT2D eigenvalue weighted by Gasteiger charge is 2.26. The summed E-state index contributed by atoms with van der Waals surface area (Å²) in [5, 5.41) is 12.7. The summed E-state index contributed by atoms with van der Waals surface area (Å²) in [4.78, 5) is 12.1. The van der Waals surface area contributed by atoms with Crippen molar-refractivity contribution in [3.63, 3.8) is 0 Å². The van der Waals surface area contributed by atoms with Crippen LogP contribution in [0.3, 0.4) is 0 Å². The predicted octanol–water partition coefficient (Wildman–Crippen LogP) is 1.69. The number of nitrogens with one attached hydrogen (secondary N) is 3. The number of aryl methyl sites for hydroxylation is 1. The summed E-state index contributed by atoms with van der Waals surface area (Å²) in [6.07, 6.45) is 2.40. The second kappa shape index (κ2) is 4.18. The first kappa shape index (κ1) is 10.8. The van der Waals surface area contributed by atoms with Gasteiger partial charge in [0, 0.05) is 17.7 Å². The lowest BCUT2D eigenvalue weighted by atomic mass is 10.1. The lowest BCUT2D eigenvalue weighted by Gasteiger charge is -2.11. The first-order valence-corrected chi connectivity index (χ1v) is 5.89. The summed E-state index contributed by atoms with van der Waals surface area (Å²) < 4.78 is 0. The molecule has 0 saturated carbocycles. The van der Waals surface area contributed by atoms with Crippen molar-refractivity contribution in [2.24, 2.45) is 0 Å². The number of hydrogen-bond acceptors (Lipinski definition) is 3. The van der Waals surface area contributed by atoms with E-state index in [0.29, 0.717) is 5.82 Å². The van der Waals surface area contributed by atoms with Crippen molar-refractivity contribution in [2.75, 3.05) is 10.6 Å². The molecule has 0 saturated heterocycles. The number of aromatic amines is 1. The number of carbonyl (C=O) groups excluding carboxylic acids is 1. The van der Waals surface area contributed by atoms with E-state index in [1.165, 1.54) is 5.56 Å². The average molecular weight is 242 g/mol. The van der Waals surface area contributed by atoms with E-state index >= 15 is 0 Å². The van der Waals surface area contributed by atoms with E-state index in [2.05, 4.69) is 20.8 Å². The van der Waals surface area contributed by atoms with Gasteiger partial charge in [-0.05, 0) is 18.6 Å². The van der Waals surface area contributed by atoms with Gasteiger partial charge in [-0.25, -0.2) is 0 Å². The molecule has 0 unspecified atom stereocenters. The Hall–Kier alpha value is -2.30. The van der Waals surface area contributed by atoms with Gasteiger partial charge in [-0.1, -0.05) is 18.2 Å². The molecule has 1 aliphatic heterocycles. The highest BCUT2D eigenvalue weighted by molar-refractivity contribution is 5.97. The van der Waals surface area contributed by atoms with Crippen molar-refractivity contribution in [2.45, 2.75) is 19.4 Å². The average Bonchev–Trinajstić information content (AvgIpc) is 2.96. The maximum Gasteiger partial charge on any atom is 0.248 e. The van der Waals surface area contributed by atoms with E-state index in [1.807, 2.05) is 31.2 Å². The van der Waals surface area contributed by atoms with E-state index in [-0.39, 0.29) is 11.9 Å². The van der Waals surface area contributed by atoms with Gasteiger partial charge in [0.1, 0.15) is 11.9 Å². The minimum absolute atomic E-state index is 0.0430. The lowest BCUT2D eigenvalue weighted by molar-refractivity contribution is -0.116. The molecule has 0 radical (unpaired) electrons. The Bertz CT molecular complexity index is 565. The summed E-state index contributed by atoms with van der Waals surface area (Å²) >= 11 is 0. The lowest BCUT2D eigenvalue weighted by Crippen LogP contribution is -2.33. The standard InChI is InChI=1S/C13H14N4O/c1-8-7-14-17-12(8)16-13(18)11-6-9-4-2-3-5-10(9)15-11/h2-5,7,11,15H,6H2,1H3,(H2,14,16,17,18)/t11-/m0/s1. The number of carbonyl (C=O) groups is 1. The van der Waals surface area contributed by atoms with Gasteiger partial charge in [0.25, 0.3) is 0 Å². The van der Waals surface area contributed by atoms with Crippen LogP contribution in [0.25, 0.3) is 0 Å². The SMILES string of the molecule is Cc1cn[nH]c1NC(=O)[C@@H]1Cc2ccccc2N1. The molecule has 0 fully saturated rings. The topological polar surface area (TPSA) is 69.8 Å². The van der Waals surface area contributed by atoms with Crippen LogP contribution in [0.15, 0.2) is 30.5 Å². The number of benzene rings is 1. The molecule has 18 heavy (non-hydrogen) atoms. The minimum atomic E-state index is -0.218. The van der Waals surface area contributed by atoms with E-state index in [1.54, 1.807) is 6.20 Å². The summed E-state index contributed by atoms with van der Waals surface area (Å²) in [6.45, 7) is 1.90. The fourth-order valence-corrected chi connectivity index (χ4v) is 2.14. The van der Waals surface area contributed by atoms with E-state index in [0.717, 1.165) is 17.7 Å². The molecule has 1 atom stereocenters. The quantitative estimate of drug-likeness (QED) is 0.750. The molecule has 3 rings (SSSR count). The van der Waals surface area contributed by atoms with Crippen molar-refractivity contribution < 1.29 is 4.79 Å². The third-order valence-corrected chi connectivity index (χ3v) is 3.16. The van der Waals surface area contributed by atoms with Gasteiger partial charge in [-0.3, -0.25) is 9.89 Å². The van der Waals surface area contributed by atoms with Crippen molar-refractivity contribution >= 4 is 17.4 Å². The molecule has 0 aliphatic carbocycles. The number of aromatic nitrogens is 2. The molecule has 2 heterocycles. The first-order valence-electron chi connectivity index (χ1n) is 5.89. The summed E-state index contributed by atoms with van der Waals surface area (Å²) in [6, 6.07) is 7.76. The highest BCUT2D eigenvalue weighted by Crippen LogP contribution is 2.25. The molecule has 1 aliphatic rings. The Kier molecular flexibility index (Phi) is 2.51. The summed E-state index contributed by atoms with van der Waals surface area (Å²) in [7, 11) is 0. The molecule has 5 nitrogen and oxygen atoms in total. The molecule has 92 valence electrons. The van der Waals surface area contributed by atoms with Crippen LogP contribution in [0.4, 0.5) is 11.5 Å². The van der Waals surface area contributed by atoms with Gasteiger partial charge in [0.05, 0.1) is 6.20 Å². The van der Waals surface area contributed by atoms with Crippen LogP contribution in [0, 0.1) is 6.92 Å². The number of amides is 1. The normalized spacial score (nSPS) is 17.1. The minimum Gasteiger partial charge on any atom is -0.373 e. The van der Waals surface area contributed by atoms with E-state index in [9.17, 15) is 4.79 Å². The smallest absolute Gasteiger partial charge is 0.248 e. The fraction of sp³-hybridized carbons (Fsp3) is 0.231. The monoisotopic (exact) mass is 242 g/mol. The third-order valence-electron chi connectivity index (χ3n) is 3.16. The van der Waals surface area contributed by atoms with Crippen molar-refractivity contribution in [3.05, 3.63) is 41.6 Å². The maximum atomic E-state index is 12.1. The molecule has 2 aromatic rings. The number of fused-ring (bicyclic) bond motifs is 1. The molecular formula is C13H14N4O. The van der Waals surface area contributed by atoms with Gasteiger partial charge < -0.3 is 10.6 Å². The number of nitrogens with zero attached hydrogens (tertiary/aromatic N) is 1. The summed E-state index contributed by atoms with van der Waals surface area (Å²) in [5.74, 6) is 0.622. The van der Waals surface area contributed by atoms with Crippen molar-refractivity contribution in [1.29, 1.82) is 0 Å². The third kappa shape index (κ3) is 1.84. The molecule has 5 heteroatoms. The highest BCUT2D eigenvalue weighted by atomic mass is 16.2. The zero-order chi connectivity index (χ0) is 12.5. The number of anilines is 2. The number of H-pyrrole nitrogens is 1. The summed E-state index contributed by atoms with van der Waals surface area (Å²) in [5.41, 5.74) is 3.15. The molecular weight excluding hydrogens is 228 g/mol. The Morgan fingerprint density at radius 3 is 3.00 bits per heavy atom. The van der Waals surface area contributed by atoms with Crippen LogP contribution in [0.2, 0.25) is 0 Å². The van der Waals surface area contributed by atoms with Crippen LogP contribution in [0.1, 0.15) is 11.1 Å². The molecule has 1 aromatic heterocycles. The number of para-hydroxylation sites is 1. The molecule has 0 spiro atoms. The van der Waals surface area contributed by atoms with Crippen LogP contribution >= 0.6 is 0 Å². The van der Waals surface area contributed by atoms with Crippen LogP contribution < -0.4 is 10.6 Å².